The van der Waals surface area contributed by atoms with Gasteiger partial charge in [0.25, 0.3) is 0 Å². The van der Waals surface area contributed by atoms with Gasteiger partial charge in [-0.25, -0.2) is 4.57 Å². The standard InChI is InChI=1S/C27H28NO4/c1-28-15-21(10-20-11-22(16-29)23(17-30)12-25(20)28)24-14-27(32-3)26(31-2)13-19(24)9-18-7-5-4-6-8-18/h4-8,10-15,29-30H,9,16-17H2,1-3H3/q+1. The quantitative estimate of drug-likeness (QED) is 0.436. The number of aliphatic hydroxyl groups excluding tert-OH is 2. The Morgan fingerprint density at radius 1 is 0.781 bits per heavy atom. The second-order valence-corrected chi connectivity index (χ2v) is 7.86. The molecule has 0 saturated heterocycles. The normalized spacial score (nSPS) is 11.0. The first kappa shape index (κ1) is 21.8. The first-order valence-corrected chi connectivity index (χ1v) is 10.5. The second-order valence-electron chi connectivity index (χ2n) is 7.86. The highest BCUT2D eigenvalue weighted by molar-refractivity contribution is 5.83. The highest BCUT2D eigenvalue weighted by Crippen LogP contribution is 2.37. The van der Waals surface area contributed by atoms with Crippen molar-refractivity contribution in [1.82, 2.24) is 0 Å². The molecule has 0 bridgehead atoms. The van der Waals surface area contributed by atoms with E-state index in [2.05, 4.69) is 24.4 Å². The fourth-order valence-electron chi connectivity index (χ4n) is 4.19. The molecule has 5 nitrogen and oxygen atoms in total. The van der Waals surface area contributed by atoms with Crippen molar-refractivity contribution in [3.63, 3.8) is 0 Å². The molecular weight excluding hydrogens is 402 g/mol. The van der Waals surface area contributed by atoms with Gasteiger partial charge in [0.05, 0.1) is 27.4 Å². The van der Waals surface area contributed by atoms with Crippen molar-refractivity contribution in [2.45, 2.75) is 19.6 Å². The third-order valence-electron chi connectivity index (χ3n) is 5.87. The zero-order chi connectivity index (χ0) is 22.7. The highest BCUT2D eigenvalue weighted by atomic mass is 16.5. The van der Waals surface area contributed by atoms with Gasteiger partial charge in [0.1, 0.15) is 7.05 Å². The van der Waals surface area contributed by atoms with E-state index in [0.717, 1.165) is 45.1 Å². The van der Waals surface area contributed by atoms with Crippen molar-refractivity contribution < 1.29 is 24.3 Å². The van der Waals surface area contributed by atoms with Gasteiger partial charge in [-0.15, -0.1) is 0 Å². The molecule has 0 radical (unpaired) electrons. The number of nitrogens with zero attached hydrogens (tertiary/aromatic N) is 1. The first-order chi connectivity index (χ1) is 15.6. The summed E-state index contributed by atoms with van der Waals surface area (Å²) in [6.07, 6.45) is 2.83. The average molecular weight is 431 g/mol. The van der Waals surface area contributed by atoms with Gasteiger partial charge in [-0.1, -0.05) is 30.3 Å². The molecule has 2 N–H and O–H groups in total. The molecule has 32 heavy (non-hydrogen) atoms. The smallest absolute Gasteiger partial charge is 0.212 e. The Labute approximate surface area is 188 Å². The number of hydrogen-bond acceptors (Lipinski definition) is 4. The van der Waals surface area contributed by atoms with Crippen molar-refractivity contribution in [2.75, 3.05) is 14.2 Å². The monoisotopic (exact) mass is 430 g/mol. The molecule has 4 rings (SSSR count). The minimum Gasteiger partial charge on any atom is -0.493 e. The maximum Gasteiger partial charge on any atom is 0.212 e. The van der Waals surface area contributed by atoms with E-state index < -0.39 is 0 Å². The molecule has 5 heteroatoms. The molecular formula is C27H28NO4+. The summed E-state index contributed by atoms with van der Waals surface area (Å²) in [4.78, 5) is 0. The summed E-state index contributed by atoms with van der Waals surface area (Å²) < 4.78 is 13.2. The van der Waals surface area contributed by atoms with Crippen molar-refractivity contribution in [3.8, 4) is 22.6 Å². The Bertz CT molecular complexity index is 1250. The highest BCUT2D eigenvalue weighted by Gasteiger charge is 2.18. The maximum atomic E-state index is 9.75. The molecule has 1 heterocycles. The number of aromatic nitrogens is 1. The summed E-state index contributed by atoms with van der Waals surface area (Å²) in [5.74, 6) is 1.37. The van der Waals surface area contributed by atoms with Crippen LogP contribution in [-0.2, 0) is 26.7 Å². The van der Waals surface area contributed by atoms with Crippen LogP contribution in [0.5, 0.6) is 11.5 Å². The van der Waals surface area contributed by atoms with Crippen LogP contribution in [-0.4, -0.2) is 24.4 Å². The van der Waals surface area contributed by atoms with Crippen LogP contribution in [0.1, 0.15) is 22.3 Å². The number of pyridine rings is 1. The summed E-state index contributed by atoms with van der Waals surface area (Å²) >= 11 is 0. The largest absolute Gasteiger partial charge is 0.493 e. The molecule has 0 aliphatic rings. The van der Waals surface area contributed by atoms with E-state index in [-0.39, 0.29) is 13.2 Å². The minimum atomic E-state index is -0.116. The van der Waals surface area contributed by atoms with Gasteiger partial charge in [-0.2, -0.15) is 0 Å². The Kier molecular flexibility index (Phi) is 6.40. The summed E-state index contributed by atoms with van der Waals surface area (Å²) in [5.41, 5.74) is 6.88. The lowest BCUT2D eigenvalue weighted by Gasteiger charge is -2.16. The molecule has 0 spiro atoms. The number of benzene rings is 3. The van der Waals surface area contributed by atoms with Gasteiger partial charge in [-0.05, 0) is 58.5 Å². The zero-order valence-electron chi connectivity index (χ0n) is 18.6. The number of aryl methyl sites for hydroxylation is 1. The average Bonchev–Trinajstić information content (AvgIpc) is 2.83. The summed E-state index contributed by atoms with van der Waals surface area (Å²) in [5, 5.41) is 20.4. The van der Waals surface area contributed by atoms with E-state index in [4.69, 9.17) is 9.47 Å². The minimum absolute atomic E-state index is 0.107. The number of fused-ring (bicyclic) bond motifs is 1. The van der Waals surface area contributed by atoms with E-state index in [0.29, 0.717) is 11.5 Å². The van der Waals surface area contributed by atoms with E-state index in [1.54, 1.807) is 14.2 Å². The fraction of sp³-hybridized carbons (Fsp3) is 0.222. The summed E-state index contributed by atoms with van der Waals surface area (Å²) in [6.45, 7) is -0.222. The molecule has 0 aliphatic carbocycles. The zero-order valence-corrected chi connectivity index (χ0v) is 18.6. The van der Waals surface area contributed by atoms with E-state index >= 15 is 0 Å². The SMILES string of the molecule is COc1cc(Cc2ccccc2)c(-c2cc3cc(CO)c(CO)cc3[n+](C)c2)cc1OC. The van der Waals surface area contributed by atoms with Crippen molar-refractivity contribution in [1.29, 1.82) is 0 Å². The molecule has 0 amide bonds. The third kappa shape index (κ3) is 4.17. The molecule has 0 unspecified atom stereocenters. The molecule has 0 atom stereocenters. The van der Waals surface area contributed by atoms with Gasteiger partial charge in [0.15, 0.2) is 17.7 Å². The summed E-state index contributed by atoms with van der Waals surface area (Å²) in [7, 11) is 5.28. The van der Waals surface area contributed by atoms with Crippen LogP contribution in [0.3, 0.4) is 0 Å². The van der Waals surface area contributed by atoms with Crippen molar-refractivity contribution in [2.24, 2.45) is 7.05 Å². The Morgan fingerprint density at radius 2 is 1.44 bits per heavy atom. The molecule has 0 fully saturated rings. The summed E-state index contributed by atoms with van der Waals surface area (Å²) in [6, 6.07) is 20.4. The number of methoxy groups -OCH3 is 2. The van der Waals surface area contributed by atoms with Gasteiger partial charge in [0.2, 0.25) is 5.52 Å². The number of hydrogen-bond donors (Lipinski definition) is 2. The number of ether oxygens (including phenoxy) is 2. The third-order valence-corrected chi connectivity index (χ3v) is 5.87. The van der Waals surface area contributed by atoms with Gasteiger partial charge >= 0.3 is 0 Å². The Hall–Kier alpha value is -3.41. The lowest BCUT2D eigenvalue weighted by molar-refractivity contribution is -0.644. The van der Waals surface area contributed by atoms with Gasteiger partial charge in [0, 0.05) is 17.0 Å². The van der Waals surface area contributed by atoms with Gasteiger partial charge in [-0.3, -0.25) is 0 Å². The lowest BCUT2D eigenvalue weighted by atomic mass is 9.93. The Morgan fingerprint density at radius 3 is 2.09 bits per heavy atom. The van der Waals surface area contributed by atoms with Crippen LogP contribution >= 0.6 is 0 Å². The molecule has 1 aromatic heterocycles. The molecule has 4 aromatic rings. The van der Waals surface area contributed by atoms with Crippen molar-refractivity contribution >= 4 is 10.9 Å². The molecule has 164 valence electrons. The predicted molar refractivity (Wildman–Crippen MR) is 125 cm³/mol. The van der Waals surface area contributed by atoms with E-state index in [1.165, 1.54) is 5.56 Å². The first-order valence-electron chi connectivity index (χ1n) is 10.5. The van der Waals surface area contributed by atoms with Crippen LogP contribution < -0.4 is 14.0 Å². The molecule has 0 saturated carbocycles. The molecule has 3 aromatic carbocycles. The van der Waals surface area contributed by atoms with Gasteiger partial charge < -0.3 is 19.7 Å². The van der Waals surface area contributed by atoms with Crippen LogP contribution in [0.15, 0.2) is 66.9 Å². The predicted octanol–water partition coefficient (Wildman–Crippen LogP) is 3.92. The lowest BCUT2D eigenvalue weighted by Crippen LogP contribution is -2.29. The number of rotatable bonds is 7. The topological polar surface area (TPSA) is 62.8 Å². The van der Waals surface area contributed by atoms with E-state index in [9.17, 15) is 10.2 Å². The van der Waals surface area contributed by atoms with Crippen LogP contribution in [0.25, 0.3) is 22.0 Å². The molecule has 0 aliphatic heterocycles. The number of aliphatic hydroxyl groups is 2. The maximum absolute atomic E-state index is 9.75. The second kappa shape index (κ2) is 9.39. The Balaban J connectivity index is 1.92. The van der Waals surface area contributed by atoms with E-state index in [1.807, 2.05) is 54.1 Å². The fourth-order valence-corrected chi connectivity index (χ4v) is 4.19. The van der Waals surface area contributed by atoms with Crippen LogP contribution in [0.2, 0.25) is 0 Å². The van der Waals surface area contributed by atoms with Crippen molar-refractivity contribution in [3.05, 3.63) is 89.1 Å². The van der Waals surface area contributed by atoms with Crippen LogP contribution in [0.4, 0.5) is 0 Å². The van der Waals surface area contributed by atoms with Crippen LogP contribution in [0, 0.1) is 0 Å².